The molecule has 1 unspecified atom stereocenters. The summed E-state index contributed by atoms with van der Waals surface area (Å²) in [7, 11) is 2.17. The standard InChI is InChI=1S/C21H30N4O/c1-23(18-19-8-2-3-12-22-19)20-9-6-16-25(17-11-20)21(26)10-7-15-24-13-4-5-14-24/h2-5,8,12-14,20H,6-7,9-11,15-18H2,1H3. The Hall–Kier alpha value is -2.14. The molecule has 0 aliphatic carbocycles. The van der Waals surface area contributed by atoms with Crippen molar-refractivity contribution in [3.05, 3.63) is 54.6 Å². The van der Waals surface area contributed by atoms with Crippen LogP contribution in [-0.2, 0) is 17.9 Å². The molecule has 3 heterocycles. The van der Waals surface area contributed by atoms with Gasteiger partial charge in [0.1, 0.15) is 0 Å². The third-order valence-corrected chi connectivity index (χ3v) is 5.28. The second kappa shape index (κ2) is 9.53. The highest BCUT2D eigenvalue weighted by Gasteiger charge is 2.23. The maximum Gasteiger partial charge on any atom is 0.222 e. The number of nitrogens with zero attached hydrogens (tertiary/aromatic N) is 4. The summed E-state index contributed by atoms with van der Waals surface area (Å²) in [5.41, 5.74) is 1.11. The highest BCUT2D eigenvalue weighted by atomic mass is 16.2. The predicted molar refractivity (Wildman–Crippen MR) is 104 cm³/mol. The lowest BCUT2D eigenvalue weighted by atomic mass is 10.1. The Morgan fingerprint density at radius 1 is 1.19 bits per heavy atom. The van der Waals surface area contributed by atoms with Crippen molar-refractivity contribution < 1.29 is 4.79 Å². The molecule has 1 atom stereocenters. The fourth-order valence-corrected chi connectivity index (χ4v) is 3.74. The number of pyridine rings is 1. The molecule has 0 radical (unpaired) electrons. The van der Waals surface area contributed by atoms with Crippen LogP contribution in [0.5, 0.6) is 0 Å². The smallest absolute Gasteiger partial charge is 0.222 e. The summed E-state index contributed by atoms with van der Waals surface area (Å²) in [6.45, 7) is 3.56. The first-order valence-corrected chi connectivity index (χ1v) is 9.71. The molecule has 0 aromatic carbocycles. The average molecular weight is 354 g/mol. The molecule has 5 heteroatoms. The van der Waals surface area contributed by atoms with Gasteiger partial charge in [-0.3, -0.25) is 14.7 Å². The molecule has 0 N–H and O–H groups in total. The monoisotopic (exact) mass is 354 g/mol. The van der Waals surface area contributed by atoms with Gasteiger partial charge in [-0.25, -0.2) is 0 Å². The van der Waals surface area contributed by atoms with E-state index in [2.05, 4.69) is 44.9 Å². The number of aromatic nitrogens is 2. The van der Waals surface area contributed by atoms with Crippen LogP contribution >= 0.6 is 0 Å². The second-order valence-corrected chi connectivity index (χ2v) is 7.23. The highest BCUT2D eigenvalue weighted by Crippen LogP contribution is 2.18. The van der Waals surface area contributed by atoms with Crippen LogP contribution in [0.1, 0.15) is 37.8 Å². The van der Waals surface area contributed by atoms with E-state index < -0.39 is 0 Å². The molecule has 2 aromatic heterocycles. The Kier molecular flexibility index (Phi) is 6.83. The second-order valence-electron chi connectivity index (χ2n) is 7.23. The molecule has 3 rings (SSSR count). The number of hydrogen-bond acceptors (Lipinski definition) is 3. The molecule has 1 amide bonds. The molecule has 1 saturated heterocycles. The first-order chi connectivity index (χ1) is 12.7. The van der Waals surface area contributed by atoms with E-state index in [1.807, 2.05) is 30.5 Å². The van der Waals surface area contributed by atoms with Crippen molar-refractivity contribution in [3.8, 4) is 0 Å². The molecule has 0 spiro atoms. The first kappa shape index (κ1) is 18.6. The van der Waals surface area contributed by atoms with Crippen LogP contribution in [0.2, 0.25) is 0 Å². The lowest BCUT2D eigenvalue weighted by Gasteiger charge is -2.27. The van der Waals surface area contributed by atoms with Gasteiger partial charge in [0, 0.05) is 57.2 Å². The van der Waals surface area contributed by atoms with Crippen molar-refractivity contribution in [2.45, 2.75) is 51.2 Å². The fraction of sp³-hybridized carbons (Fsp3) is 0.524. The Labute approximate surface area is 156 Å². The predicted octanol–water partition coefficient (Wildman–Crippen LogP) is 3.18. The molecule has 1 aliphatic heterocycles. The molecule has 5 nitrogen and oxygen atoms in total. The van der Waals surface area contributed by atoms with E-state index >= 15 is 0 Å². The van der Waals surface area contributed by atoms with E-state index in [0.717, 1.165) is 57.6 Å². The largest absolute Gasteiger partial charge is 0.354 e. The summed E-state index contributed by atoms with van der Waals surface area (Å²) in [6, 6.07) is 10.6. The number of likely N-dealkylation sites (tertiary alicyclic amines) is 1. The van der Waals surface area contributed by atoms with E-state index in [4.69, 9.17) is 0 Å². The zero-order chi connectivity index (χ0) is 18.2. The Morgan fingerprint density at radius 2 is 2.04 bits per heavy atom. The van der Waals surface area contributed by atoms with Crippen LogP contribution < -0.4 is 0 Å². The van der Waals surface area contributed by atoms with Gasteiger partial charge in [-0.1, -0.05) is 6.07 Å². The van der Waals surface area contributed by atoms with Gasteiger partial charge < -0.3 is 9.47 Å². The van der Waals surface area contributed by atoms with Crippen LogP contribution in [0.3, 0.4) is 0 Å². The van der Waals surface area contributed by atoms with Crippen molar-refractivity contribution in [2.75, 3.05) is 20.1 Å². The number of aryl methyl sites for hydroxylation is 1. The fourth-order valence-electron chi connectivity index (χ4n) is 3.74. The van der Waals surface area contributed by atoms with Gasteiger partial charge in [0.15, 0.2) is 0 Å². The van der Waals surface area contributed by atoms with E-state index in [9.17, 15) is 4.79 Å². The van der Waals surface area contributed by atoms with Gasteiger partial charge >= 0.3 is 0 Å². The van der Waals surface area contributed by atoms with Crippen LogP contribution in [0, 0.1) is 0 Å². The molecular formula is C21H30N4O. The maximum atomic E-state index is 12.5. The zero-order valence-electron chi connectivity index (χ0n) is 15.8. The Balaban J connectivity index is 1.42. The summed E-state index contributed by atoms with van der Waals surface area (Å²) in [5, 5.41) is 0. The number of carbonyl (C=O) groups excluding carboxylic acids is 1. The molecule has 2 aromatic rings. The van der Waals surface area contributed by atoms with Gasteiger partial charge in [0.25, 0.3) is 0 Å². The number of amides is 1. The molecule has 0 bridgehead atoms. The minimum Gasteiger partial charge on any atom is -0.354 e. The normalized spacial score (nSPS) is 18.1. The third kappa shape index (κ3) is 5.43. The van der Waals surface area contributed by atoms with E-state index in [0.29, 0.717) is 18.4 Å². The summed E-state index contributed by atoms with van der Waals surface area (Å²) < 4.78 is 2.14. The minimum absolute atomic E-state index is 0.310. The Morgan fingerprint density at radius 3 is 2.81 bits per heavy atom. The van der Waals surface area contributed by atoms with Gasteiger partial charge in [-0.05, 0) is 57.0 Å². The van der Waals surface area contributed by atoms with Crippen molar-refractivity contribution in [1.29, 1.82) is 0 Å². The SMILES string of the molecule is CN(Cc1ccccn1)C1CCCN(C(=O)CCCn2cccc2)CC1. The van der Waals surface area contributed by atoms with E-state index in [1.54, 1.807) is 0 Å². The summed E-state index contributed by atoms with van der Waals surface area (Å²) in [4.78, 5) is 21.4. The van der Waals surface area contributed by atoms with Crippen LogP contribution in [0.15, 0.2) is 48.9 Å². The lowest BCUT2D eigenvalue weighted by molar-refractivity contribution is -0.131. The van der Waals surface area contributed by atoms with Crippen LogP contribution in [0.25, 0.3) is 0 Å². The summed E-state index contributed by atoms with van der Waals surface area (Å²) >= 11 is 0. The van der Waals surface area contributed by atoms with Crippen molar-refractivity contribution in [2.24, 2.45) is 0 Å². The van der Waals surface area contributed by atoms with Crippen LogP contribution in [0.4, 0.5) is 0 Å². The summed E-state index contributed by atoms with van der Waals surface area (Å²) in [6.07, 6.45) is 10.8. The van der Waals surface area contributed by atoms with Gasteiger partial charge in [-0.15, -0.1) is 0 Å². The van der Waals surface area contributed by atoms with Gasteiger partial charge in [-0.2, -0.15) is 0 Å². The summed E-state index contributed by atoms with van der Waals surface area (Å²) in [5.74, 6) is 0.310. The first-order valence-electron chi connectivity index (χ1n) is 9.71. The molecule has 1 aliphatic rings. The molecule has 26 heavy (non-hydrogen) atoms. The zero-order valence-corrected chi connectivity index (χ0v) is 15.8. The Bertz CT molecular complexity index is 656. The minimum atomic E-state index is 0.310. The quantitative estimate of drug-likeness (QED) is 0.767. The number of hydrogen-bond donors (Lipinski definition) is 0. The van der Waals surface area contributed by atoms with E-state index in [-0.39, 0.29) is 0 Å². The van der Waals surface area contributed by atoms with Gasteiger partial charge in [0.2, 0.25) is 5.91 Å². The molecule has 1 fully saturated rings. The van der Waals surface area contributed by atoms with E-state index in [1.165, 1.54) is 0 Å². The number of rotatable bonds is 7. The lowest BCUT2D eigenvalue weighted by Crippen LogP contribution is -2.35. The maximum absolute atomic E-state index is 12.5. The van der Waals surface area contributed by atoms with Crippen molar-refractivity contribution >= 4 is 5.91 Å². The molecule has 0 saturated carbocycles. The molecular weight excluding hydrogens is 324 g/mol. The van der Waals surface area contributed by atoms with Crippen molar-refractivity contribution in [3.63, 3.8) is 0 Å². The third-order valence-electron chi connectivity index (χ3n) is 5.28. The van der Waals surface area contributed by atoms with Crippen LogP contribution in [-0.4, -0.2) is 51.4 Å². The number of carbonyl (C=O) groups is 1. The molecule has 140 valence electrons. The highest BCUT2D eigenvalue weighted by molar-refractivity contribution is 5.76. The van der Waals surface area contributed by atoms with Gasteiger partial charge in [0.05, 0.1) is 5.69 Å². The van der Waals surface area contributed by atoms with Crippen molar-refractivity contribution in [1.82, 2.24) is 19.4 Å². The topological polar surface area (TPSA) is 41.4 Å². The average Bonchev–Trinajstić information content (AvgIpc) is 3.04.